The van der Waals surface area contributed by atoms with Crippen molar-refractivity contribution in [2.24, 2.45) is 0 Å². The Kier molecular flexibility index (Phi) is 8.67. The molecule has 162 valence electrons. The van der Waals surface area contributed by atoms with Gasteiger partial charge in [0, 0.05) is 38.3 Å². The Balaban J connectivity index is 1.35. The maximum Gasteiger partial charge on any atom is 0.251 e. The summed E-state index contributed by atoms with van der Waals surface area (Å²) in [5.74, 6) is 0.673. The molecule has 2 aromatic rings. The van der Waals surface area contributed by atoms with Crippen LogP contribution in [0.2, 0.25) is 10.0 Å². The van der Waals surface area contributed by atoms with Gasteiger partial charge in [-0.25, -0.2) is 0 Å². The van der Waals surface area contributed by atoms with E-state index in [-0.39, 0.29) is 5.91 Å². The Morgan fingerprint density at radius 2 is 1.83 bits per heavy atom. The zero-order valence-electron chi connectivity index (χ0n) is 17.4. The van der Waals surface area contributed by atoms with Gasteiger partial charge in [0.1, 0.15) is 5.75 Å². The standard InChI is InChI=1S/C23H29Cl2N3O2/c1-2-26-23(29)18-7-5-8-19(17-18)30-16-4-3-11-27-12-14-28(15-13-27)21-10-6-9-20(24)22(21)25/h5-10,17H,2-4,11-16H2,1H3,(H,26,29). The van der Waals surface area contributed by atoms with Crippen molar-refractivity contribution in [2.45, 2.75) is 19.8 Å². The van der Waals surface area contributed by atoms with Crippen molar-refractivity contribution in [1.29, 1.82) is 0 Å². The molecule has 1 aliphatic heterocycles. The molecule has 0 spiro atoms. The normalized spacial score (nSPS) is 14.6. The van der Waals surface area contributed by atoms with E-state index in [0.29, 0.717) is 28.8 Å². The molecule has 0 aliphatic carbocycles. The molecule has 0 aromatic heterocycles. The van der Waals surface area contributed by atoms with E-state index >= 15 is 0 Å². The number of halogens is 2. The number of piperazine rings is 1. The Morgan fingerprint density at radius 3 is 2.60 bits per heavy atom. The number of amides is 1. The summed E-state index contributed by atoms with van der Waals surface area (Å²) in [5, 5.41) is 4.05. The number of ether oxygens (including phenoxy) is 1. The van der Waals surface area contributed by atoms with Crippen LogP contribution in [0.4, 0.5) is 5.69 Å². The predicted octanol–water partition coefficient (Wildman–Crippen LogP) is 4.72. The molecule has 1 aliphatic rings. The first-order valence-corrected chi connectivity index (χ1v) is 11.3. The lowest BCUT2D eigenvalue weighted by Gasteiger charge is -2.36. The smallest absolute Gasteiger partial charge is 0.251 e. The third-order valence-corrected chi connectivity index (χ3v) is 6.02. The van der Waals surface area contributed by atoms with Crippen LogP contribution in [0.15, 0.2) is 42.5 Å². The van der Waals surface area contributed by atoms with Crippen molar-refractivity contribution < 1.29 is 9.53 Å². The maximum atomic E-state index is 11.9. The summed E-state index contributed by atoms with van der Waals surface area (Å²) in [7, 11) is 0. The first-order chi connectivity index (χ1) is 14.6. The van der Waals surface area contributed by atoms with Crippen LogP contribution in [-0.4, -0.2) is 56.7 Å². The summed E-state index contributed by atoms with van der Waals surface area (Å²) >= 11 is 12.5. The third kappa shape index (κ3) is 6.27. The fraction of sp³-hybridized carbons (Fsp3) is 0.435. The highest BCUT2D eigenvalue weighted by Crippen LogP contribution is 2.32. The van der Waals surface area contributed by atoms with E-state index in [9.17, 15) is 4.79 Å². The van der Waals surface area contributed by atoms with E-state index in [2.05, 4.69) is 15.1 Å². The molecule has 5 nitrogen and oxygen atoms in total. The van der Waals surface area contributed by atoms with Crippen LogP contribution in [0.3, 0.4) is 0 Å². The number of carbonyl (C=O) groups excluding carboxylic acids is 1. The second-order valence-corrected chi connectivity index (χ2v) is 8.13. The van der Waals surface area contributed by atoms with Crippen LogP contribution in [0.25, 0.3) is 0 Å². The molecule has 0 radical (unpaired) electrons. The number of hydrogen-bond donors (Lipinski definition) is 1. The van der Waals surface area contributed by atoms with Gasteiger partial charge in [-0.2, -0.15) is 0 Å². The monoisotopic (exact) mass is 449 g/mol. The van der Waals surface area contributed by atoms with Gasteiger partial charge in [-0.05, 0) is 56.6 Å². The first kappa shape index (κ1) is 22.7. The van der Waals surface area contributed by atoms with Crippen molar-refractivity contribution >= 4 is 34.8 Å². The number of hydrogen-bond acceptors (Lipinski definition) is 4. The highest BCUT2D eigenvalue weighted by Gasteiger charge is 2.19. The summed E-state index contributed by atoms with van der Waals surface area (Å²) in [6.07, 6.45) is 2.06. The van der Waals surface area contributed by atoms with Crippen LogP contribution in [0.5, 0.6) is 5.75 Å². The van der Waals surface area contributed by atoms with Gasteiger partial charge in [0.15, 0.2) is 0 Å². The average Bonchev–Trinajstić information content (AvgIpc) is 2.76. The predicted molar refractivity (Wildman–Crippen MR) is 124 cm³/mol. The molecule has 2 aromatic carbocycles. The molecule has 1 amide bonds. The zero-order chi connectivity index (χ0) is 21.3. The highest BCUT2D eigenvalue weighted by molar-refractivity contribution is 6.43. The Labute approximate surface area is 188 Å². The second-order valence-electron chi connectivity index (χ2n) is 7.34. The minimum Gasteiger partial charge on any atom is -0.494 e. The Morgan fingerprint density at radius 1 is 1.07 bits per heavy atom. The minimum absolute atomic E-state index is 0.0684. The molecule has 30 heavy (non-hydrogen) atoms. The summed E-state index contributed by atoms with van der Waals surface area (Å²) in [6.45, 7) is 8.15. The number of nitrogens with one attached hydrogen (secondary N) is 1. The van der Waals surface area contributed by atoms with Gasteiger partial charge in [0.2, 0.25) is 0 Å². The molecule has 1 heterocycles. The molecule has 1 fully saturated rings. The number of rotatable bonds is 9. The molecule has 3 rings (SSSR count). The van der Waals surface area contributed by atoms with Gasteiger partial charge >= 0.3 is 0 Å². The van der Waals surface area contributed by atoms with Crippen LogP contribution in [-0.2, 0) is 0 Å². The number of carbonyl (C=O) groups is 1. The summed E-state index contributed by atoms with van der Waals surface area (Å²) in [6, 6.07) is 13.1. The molecular weight excluding hydrogens is 421 g/mol. The molecular formula is C23H29Cl2N3O2. The lowest BCUT2D eigenvalue weighted by Crippen LogP contribution is -2.46. The summed E-state index contributed by atoms with van der Waals surface area (Å²) in [5.41, 5.74) is 1.65. The van der Waals surface area contributed by atoms with Crippen molar-refractivity contribution in [3.05, 3.63) is 58.1 Å². The zero-order valence-corrected chi connectivity index (χ0v) is 18.9. The molecule has 7 heteroatoms. The number of unbranched alkanes of at least 4 members (excludes halogenated alkanes) is 1. The van der Waals surface area contributed by atoms with Crippen LogP contribution >= 0.6 is 23.2 Å². The average molecular weight is 450 g/mol. The lowest BCUT2D eigenvalue weighted by molar-refractivity contribution is 0.0955. The SMILES string of the molecule is CCNC(=O)c1cccc(OCCCCN2CCN(c3cccc(Cl)c3Cl)CC2)c1. The van der Waals surface area contributed by atoms with Gasteiger partial charge in [-0.3, -0.25) is 9.69 Å². The van der Waals surface area contributed by atoms with Crippen LogP contribution in [0.1, 0.15) is 30.1 Å². The molecule has 1 saturated heterocycles. The highest BCUT2D eigenvalue weighted by atomic mass is 35.5. The first-order valence-electron chi connectivity index (χ1n) is 10.5. The summed E-state index contributed by atoms with van der Waals surface area (Å²) in [4.78, 5) is 16.7. The van der Waals surface area contributed by atoms with E-state index in [0.717, 1.165) is 57.0 Å². The lowest BCUT2D eigenvalue weighted by atomic mass is 10.2. The second kappa shape index (κ2) is 11.4. The van der Waals surface area contributed by atoms with Gasteiger partial charge in [0.05, 0.1) is 22.3 Å². The van der Waals surface area contributed by atoms with Gasteiger partial charge in [-0.1, -0.05) is 35.3 Å². The largest absolute Gasteiger partial charge is 0.494 e. The van der Waals surface area contributed by atoms with Crippen molar-refractivity contribution in [2.75, 3.05) is 50.8 Å². The molecule has 0 bridgehead atoms. The topological polar surface area (TPSA) is 44.8 Å². The van der Waals surface area contributed by atoms with E-state index < -0.39 is 0 Å². The van der Waals surface area contributed by atoms with Gasteiger partial charge in [-0.15, -0.1) is 0 Å². The molecule has 1 N–H and O–H groups in total. The third-order valence-electron chi connectivity index (χ3n) is 5.22. The van der Waals surface area contributed by atoms with E-state index in [1.165, 1.54) is 0 Å². The quantitative estimate of drug-likeness (QED) is 0.562. The van der Waals surface area contributed by atoms with E-state index in [1.54, 1.807) is 12.1 Å². The minimum atomic E-state index is -0.0684. The number of benzene rings is 2. The molecule has 0 atom stereocenters. The van der Waals surface area contributed by atoms with Crippen molar-refractivity contribution in [3.8, 4) is 5.75 Å². The van der Waals surface area contributed by atoms with Crippen LogP contribution in [0, 0.1) is 0 Å². The Hall–Kier alpha value is -1.95. The van der Waals surface area contributed by atoms with Crippen molar-refractivity contribution in [3.63, 3.8) is 0 Å². The molecule has 0 saturated carbocycles. The van der Waals surface area contributed by atoms with Gasteiger partial charge in [0.25, 0.3) is 5.91 Å². The van der Waals surface area contributed by atoms with Gasteiger partial charge < -0.3 is 15.0 Å². The van der Waals surface area contributed by atoms with Crippen LogP contribution < -0.4 is 15.0 Å². The summed E-state index contributed by atoms with van der Waals surface area (Å²) < 4.78 is 5.83. The fourth-order valence-electron chi connectivity index (χ4n) is 3.57. The van der Waals surface area contributed by atoms with E-state index in [4.69, 9.17) is 27.9 Å². The maximum absolute atomic E-state index is 11.9. The number of anilines is 1. The molecule has 0 unspecified atom stereocenters. The van der Waals surface area contributed by atoms with E-state index in [1.807, 2.05) is 37.3 Å². The Bertz CT molecular complexity index is 839. The fourth-order valence-corrected chi connectivity index (χ4v) is 3.98. The number of nitrogens with zero attached hydrogens (tertiary/aromatic N) is 2. The van der Waals surface area contributed by atoms with Crippen molar-refractivity contribution in [1.82, 2.24) is 10.2 Å².